The van der Waals surface area contributed by atoms with Crippen LogP contribution in [-0.4, -0.2) is 41.4 Å². The third-order valence-electron chi connectivity index (χ3n) is 5.24. The lowest BCUT2D eigenvalue weighted by atomic mass is 9.82. The SMILES string of the molecule is O[C@@H]1CCCOC12CCN(Cc1ccc3occc3c1)CC2. The van der Waals surface area contributed by atoms with E-state index in [1.54, 1.807) is 6.26 Å². The smallest absolute Gasteiger partial charge is 0.133 e. The van der Waals surface area contributed by atoms with Crippen molar-refractivity contribution in [3.63, 3.8) is 0 Å². The van der Waals surface area contributed by atoms with Gasteiger partial charge in [0.15, 0.2) is 0 Å². The summed E-state index contributed by atoms with van der Waals surface area (Å²) in [5.74, 6) is 0. The molecule has 4 heteroatoms. The maximum Gasteiger partial charge on any atom is 0.133 e. The number of hydrogen-bond acceptors (Lipinski definition) is 4. The second-order valence-electron chi connectivity index (χ2n) is 6.64. The van der Waals surface area contributed by atoms with Gasteiger partial charge in [-0.15, -0.1) is 0 Å². The maximum absolute atomic E-state index is 10.3. The van der Waals surface area contributed by atoms with Gasteiger partial charge in [-0.3, -0.25) is 4.90 Å². The van der Waals surface area contributed by atoms with Crippen LogP contribution >= 0.6 is 0 Å². The molecule has 1 atom stereocenters. The zero-order valence-electron chi connectivity index (χ0n) is 12.8. The number of ether oxygens (including phenoxy) is 1. The van der Waals surface area contributed by atoms with Crippen molar-refractivity contribution >= 4 is 11.0 Å². The average molecular weight is 301 g/mol. The van der Waals surface area contributed by atoms with E-state index in [0.29, 0.717) is 0 Å². The van der Waals surface area contributed by atoms with Crippen LogP contribution in [0.25, 0.3) is 11.0 Å². The lowest BCUT2D eigenvalue weighted by Gasteiger charge is -2.46. The first kappa shape index (κ1) is 14.2. The summed E-state index contributed by atoms with van der Waals surface area (Å²) in [4.78, 5) is 2.46. The van der Waals surface area contributed by atoms with Gasteiger partial charge in [0, 0.05) is 31.6 Å². The molecule has 1 aromatic heterocycles. The Bertz CT molecular complexity index is 643. The Morgan fingerprint density at radius 2 is 2.09 bits per heavy atom. The van der Waals surface area contributed by atoms with E-state index >= 15 is 0 Å². The van der Waals surface area contributed by atoms with Gasteiger partial charge in [0.2, 0.25) is 0 Å². The highest BCUT2D eigenvalue weighted by Gasteiger charge is 2.43. The van der Waals surface area contributed by atoms with Gasteiger partial charge in [-0.25, -0.2) is 0 Å². The molecule has 2 saturated heterocycles. The average Bonchev–Trinajstić information content (AvgIpc) is 3.00. The van der Waals surface area contributed by atoms with Crippen LogP contribution < -0.4 is 0 Å². The number of rotatable bonds is 2. The van der Waals surface area contributed by atoms with Crippen molar-refractivity contribution in [1.82, 2.24) is 4.90 Å². The van der Waals surface area contributed by atoms with Crippen LogP contribution in [0.15, 0.2) is 34.9 Å². The molecule has 4 rings (SSSR count). The Balaban J connectivity index is 1.41. The molecule has 0 saturated carbocycles. The molecule has 1 N–H and O–H groups in total. The monoisotopic (exact) mass is 301 g/mol. The molecule has 3 heterocycles. The highest BCUT2D eigenvalue weighted by atomic mass is 16.5. The van der Waals surface area contributed by atoms with Gasteiger partial charge < -0.3 is 14.3 Å². The number of hydrogen-bond donors (Lipinski definition) is 1. The van der Waals surface area contributed by atoms with E-state index in [1.165, 1.54) is 5.56 Å². The summed E-state index contributed by atoms with van der Waals surface area (Å²) in [7, 11) is 0. The predicted octanol–water partition coefficient (Wildman–Crippen LogP) is 2.94. The number of piperidine rings is 1. The van der Waals surface area contributed by atoms with Crippen LogP contribution in [0.3, 0.4) is 0 Å². The fourth-order valence-corrected chi connectivity index (χ4v) is 3.85. The minimum absolute atomic E-state index is 0.275. The first-order valence-corrected chi connectivity index (χ1v) is 8.26. The molecule has 0 aliphatic carbocycles. The number of nitrogens with zero attached hydrogens (tertiary/aromatic N) is 1. The molecule has 2 fully saturated rings. The molecule has 22 heavy (non-hydrogen) atoms. The molecule has 1 aromatic carbocycles. The Morgan fingerprint density at radius 1 is 1.23 bits per heavy atom. The number of likely N-dealkylation sites (tertiary alicyclic amines) is 1. The highest BCUT2D eigenvalue weighted by molar-refractivity contribution is 5.77. The summed E-state index contributed by atoms with van der Waals surface area (Å²) in [6.07, 6.45) is 5.19. The van der Waals surface area contributed by atoms with Crippen molar-refractivity contribution in [1.29, 1.82) is 0 Å². The van der Waals surface area contributed by atoms with Crippen LogP contribution in [-0.2, 0) is 11.3 Å². The Kier molecular flexibility index (Phi) is 3.68. The van der Waals surface area contributed by atoms with Crippen molar-refractivity contribution in [2.45, 2.75) is 43.9 Å². The Morgan fingerprint density at radius 3 is 2.91 bits per heavy atom. The summed E-state index contributed by atoms with van der Waals surface area (Å²) in [6, 6.07) is 8.40. The molecule has 4 nitrogen and oxygen atoms in total. The van der Waals surface area contributed by atoms with Crippen molar-refractivity contribution in [3.05, 3.63) is 36.1 Å². The lowest BCUT2D eigenvalue weighted by molar-refractivity contribution is -0.177. The first-order chi connectivity index (χ1) is 10.8. The molecule has 0 unspecified atom stereocenters. The molecule has 0 amide bonds. The Labute approximate surface area is 130 Å². The molecule has 0 bridgehead atoms. The second-order valence-corrected chi connectivity index (χ2v) is 6.64. The third-order valence-corrected chi connectivity index (χ3v) is 5.24. The summed E-state index contributed by atoms with van der Waals surface area (Å²) in [5.41, 5.74) is 1.98. The molecule has 2 aromatic rings. The fraction of sp³-hybridized carbons (Fsp3) is 0.556. The maximum atomic E-state index is 10.3. The van der Waals surface area contributed by atoms with Crippen molar-refractivity contribution in [2.24, 2.45) is 0 Å². The van der Waals surface area contributed by atoms with E-state index in [2.05, 4.69) is 17.0 Å². The number of benzene rings is 1. The van der Waals surface area contributed by atoms with Gasteiger partial charge in [-0.2, -0.15) is 0 Å². The number of fused-ring (bicyclic) bond motifs is 1. The normalized spacial score (nSPS) is 25.8. The van der Waals surface area contributed by atoms with Gasteiger partial charge in [0.1, 0.15) is 5.58 Å². The van der Waals surface area contributed by atoms with Crippen LogP contribution in [0.4, 0.5) is 0 Å². The van der Waals surface area contributed by atoms with Gasteiger partial charge in [0.25, 0.3) is 0 Å². The van der Waals surface area contributed by atoms with Gasteiger partial charge in [0.05, 0.1) is 18.0 Å². The van der Waals surface area contributed by atoms with Crippen molar-refractivity contribution in [2.75, 3.05) is 19.7 Å². The van der Waals surface area contributed by atoms with Gasteiger partial charge in [-0.1, -0.05) is 6.07 Å². The molecular formula is C18H23NO3. The minimum Gasteiger partial charge on any atom is -0.464 e. The van der Waals surface area contributed by atoms with E-state index < -0.39 is 0 Å². The topological polar surface area (TPSA) is 45.8 Å². The lowest BCUT2D eigenvalue weighted by Crippen LogP contribution is -2.55. The summed E-state index contributed by atoms with van der Waals surface area (Å²) in [5, 5.41) is 11.5. The number of furan rings is 1. The number of aliphatic hydroxyl groups excluding tert-OH is 1. The van der Waals surface area contributed by atoms with Gasteiger partial charge in [-0.05, 0) is 49.4 Å². The van der Waals surface area contributed by atoms with Crippen LogP contribution in [0.5, 0.6) is 0 Å². The standard InChI is InChI=1S/C18H23NO3/c20-17-2-1-10-22-18(17)6-8-19(9-7-18)13-14-3-4-16-15(12-14)5-11-21-16/h3-5,11-12,17,20H,1-2,6-10,13H2/t17-/m1/s1. The molecular weight excluding hydrogens is 278 g/mol. The second kappa shape index (κ2) is 5.69. The van der Waals surface area contributed by atoms with E-state index in [9.17, 15) is 5.11 Å². The zero-order chi connectivity index (χ0) is 15.0. The van der Waals surface area contributed by atoms with E-state index in [4.69, 9.17) is 9.15 Å². The highest BCUT2D eigenvalue weighted by Crippen LogP contribution is 2.35. The van der Waals surface area contributed by atoms with Crippen LogP contribution in [0.1, 0.15) is 31.2 Å². The van der Waals surface area contributed by atoms with Crippen molar-refractivity contribution < 1.29 is 14.3 Å². The molecule has 118 valence electrons. The summed E-state index contributed by atoms with van der Waals surface area (Å²) >= 11 is 0. The van der Waals surface area contributed by atoms with Crippen molar-refractivity contribution in [3.8, 4) is 0 Å². The first-order valence-electron chi connectivity index (χ1n) is 8.26. The van der Waals surface area contributed by atoms with Crippen LogP contribution in [0, 0.1) is 0 Å². The minimum atomic E-state index is -0.286. The quantitative estimate of drug-likeness (QED) is 0.926. The molecule has 2 aliphatic rings. The summed E-state index contributed by atoms with van der Waals surface area (Å²) in [6.45, 7) is 3.72. The fourth-order valence-electron chi connectivity index (χ4n) is 3.85. The predicted molar refractivity (Wildman–Crippen MR) is 84.6 cm³/mol. The molecule has 2 aliphatic heterocycles. The largest absolute Gasteiger partial charge is 0.464 e. The van der Waals surface area contributed by atoms with E-state index in [1.807, 2.05) is 12.1 Å². The van der Waals surface area contributed by atoms with E-state index in [0.717, 1.165) is 62.9 Å². The molecule has 1 spiro atoms. The van der Waals surface area contributed by atoms with E-state index in [-0.39, 0.29) is 11.7 Å². The third kappa shape index (κ3) is 2.56. The molecule has 0 radical (unpaired) electrons. The Hall–Kier alpha value is -1.36. The zero-order valence-corrected chi connectivity index (χ0v) is 12.8. The van der Waals surface area contributed by atoms with Crippen LogP contribution in [0.2, 0.25) is 0 Å². The van der Waals surface area contributed by atoms with Gasteiger partial charge >= 0.3 is 0 Å². The summed E-state index contributed by atoms with van der Waals surface area (Å²) < 4.78 is 11.4. The number of aliphatic hydroxyl groups is 1.